The van der Waals surface area contributed by atoms with Crippen molar-refractivity contribution >= 4 is 17.3 Å². The monoisotopic (exact) mass is 254 g/mol. The number of aromatic nitrogens is 1. The summed E-state index contributed by atoms with van der Waals surface area (Å²) in [6.45, 7) is 3.82. The fourth-order valence-corrected chi connectivity index (χ4v) is 2.95. The van der Waals surface area contributed by atoms with Crippen molar-refractivity contribution in [2.24, 2.45) is 0 Å². The Morgan fingerprint density at radius 3 is 3.18 bits per heavy atom. The Hall–Kier alpha value is -0.940. The second-order valence-corrected chi connectivity index (χ2v) is 5.18. The molecule has 0 amide bonds. The quantitative estimate of drug-likeness (QED) is 0.769. The Balaban J connectivity index is 2.00. The van der Waals surface area contributed by atoms with Crippen molar-refractivity contribution in [1.82, 2.24) is 9.88 Å². The zero-order valence-electron chi connectivity index (χ0n) is 10.3. The van der Waals surface area contributed by atoms with Gasteiger partial charge in [0, 0.05) is 11.9 Å². The summed E-state index contributed by atoms with van der Waals surface area (Å²) < 4.78 is 4.83. The lowest BCUT2D eigenvalue weighted by Gasteiger charge is -2.21. The van der Waals surface area contributed by atoms with Gasteiger partial charge >= 0.3 is 5.97 Å². The summed E-state index contributed by atoms with van der Waals surface area (Å²) in [7, 11) is 1.46. The Bertz CT molecular complexity index is 392. The number of likely N-dealkylation sites (tertiary alicyclic amines) is 1. The molecule has 1 aliphatic heterocycles. The fourth-order valence-electron chi connectivity index (χ4n) is 2.21. The standard InChI is InChI=1S/C12H18N2O2S/c1-3-11-13-9(8-17-11)7-14-6-4-5-10(14)12(15)16-2/h8,10H,3-7H2,1-2H3. The molecule has 5 heteroatoms. The molecule has 1 aliphatic rings. The van der Waals surface area contributed by atoms with Crippen LogP contribution in [0.4, 0.5) is 0 Å². The average molecular weight is 254 g/mol. The number of carbonyl (C=O) groups is 1. The predicted molar refractivity (Wildman–Crippen MR) is 66.9 cm³/mol. The van der Waals surface area contributed by atoms with Gasteiger partial charge in [-0.05, 0) is 25.8 Å². The molecule has 0 radical (unpaired) electrons. The van der Waals surface area contributed by atoms with E-state index in [2.05, 4.69) is 22.2 Å². The van der Waals surface area contributed by atoms with Crippen LogP contribution >= 0.6 is 11.3 Å². The number of hydrogen-bond donors (Lipinski definition) is 0. The summed E-state index contributed by atoms with van der Waals surface area (Å²) in [4.78, 5) is 18.3. The lowest BCUT2D eigenvalue weighted by atomic mass is 10.2. The van der Waals surface area contributed by atoms with Crippen LogP contribution in [-0.2, 0) is 22.5 Å². The normalized spacial score (nSPS) is 20.7. The van der Waals surface area contributed by atoms with Gasteiger partial charge in [-0.25, -0.2) is 4.98 Å². The van der Waals surface area contributed by atoms with Crippen LogP contribution in [-0.4, -0.2) is 35.5 Å². The average Bonchev–Trinajstić information content (AvgIpc) is 2.97. The second kappa shape index (κ2) is 5.60. The molecule has 17 heavy (non-hydrogen) atoms. The van der Waals surface area contributed by atoms with Crippen molar-refractivity contribution in [3.63, 3.8) is 0 Å². The van der Waals surface area contributed by atoms with Crippen LogP contribution in [0.1, 0.15) is 30.5 Å². The summed E-state index contributed by atoms with van der Waals surface area (Å²) in [5.41, 5.74) is 1.07. The molecule has 2 rings (SSSR count). The molecule has 0 aromatic carbocycles. The lowest BCUT2D eigenvalue weighted by Crippen LogP contribution is -2.36. The molecule has 2 heterocycles. The molecule has 0 saturated carbocycles. The molecule has 1 aromatic heterocycles. The van der Waals surface area contributed by atoms with E-state index in [1.807, 2.05) is 0 Å². The highest BCUT2D eigenvalue weighted by Crippen LogP contribution is 2.21. The van der Waals surface area contributed by atoms with E-state index < -0.39 is 0 Å². The smallest absolute Gasteiger partial charge is 0.323 e. The van der Waals surface area contributed by atoms with Gasteiger partial charge in [0.25, 0.3) is 0 Å². The van der Waals surface area contributed by atoms with Crippen LogP contribution < -0.4 is 0 Å². The van der Waals surface area contributed by atoms with Crippen LogP contribution in [0.3, 0.4) is 0 Å². The Morgan fingerprint density at radius 2 is 2.53 bits per heavy atom. The molecule has 1 saturated heterocycles. The van der Waals surface area contributed by atoms with Crippen LogP contribution in [0, 0.1) is 0 Å². The number of ether oxygens (including phenoxy) is 1. The molecule has 1 fully saturated rings. The molecular weight excluding hydrogens is 236 g/mol. The minimum absolute atomic E-state index is 0.0771. The van der Waals surface area contributed by atoms with E-state index in [1.54, 1.807) is 11.3 Å². The highest BCUT2D eigenvalue weighted by atomic mass is 32.1. The van der Waals surface area contributed by atoms with Crippen molar-refractivity contribution < 1.29 is 9.53 Å². The summed E-state index contributed by atoms with van der Waals surface area (Å²) in [5, 5.41) is 3.25. The van der Waals surface area contributed by atoms with Gasteiger partial charge in [0.1, 0.15) is 6.04 Å². The first-order valence-corrected chi connectivity index (χ1v) is 6.87. The second-order valence-electron chi connectivity index (χ2n) is 4.24. The van der Waals surface area contributed by atoms with E-state index in [9.17, 15) is 4.79 Å². The number of hydrogen-bond acceptors (Lipinski definition) is 5. The fraction of sp³-hybridized carbons (Fsp3) is 0.667. The van der Waals surface area contributed by atoms with Gasteiger partial charge in [-0.3, -0.25) is 9.69 Å². The third-order valence-corrected chi connectivity index (χ3v) is 4.15. The topological polar surface area (TPSA) is 42.4 Å². The van der Waals surface area contributed by atoms with Crippen LogP contribution in [0.15, 0.2) is 5.38 Å². The third-order valence-electron chi connectivity index (χ3n) is 3.10. The van der Waals surface area contributed by atoms with E-state index in [0.717, 1.165) is 43.1 Å². The maximum absolute atomic E-state index is 11.6. The van der Waals surface area contributed by atoms with Crippen molar-refractivity contribution in [1.29, 1.82) is 0 Å². The van der Waals surface area contributed by atoms with Gasteiger partial charge in [-0.15, -0.1) is 11.3 Å². The first-order chi connectivity index (χ1) is 8.24. The van der Waals surface area contributed by atoms with Gasteiger partial charge in [-0.2, -0.15) is 0 Å². The molecule has 1 unspecified atom stereocenters. The molecule has 0 aliphatic carbocycles. The number of nitrogens with zero attached hydrogens (tertiary/aromatic N) is 2. The maximum atomic E-state index is 11.6. The molecule has 4 nitrogen and oxygen atoms in total. The largest absolute Gasteiger partial charge is 0.468 e. The third kappa shape index (κ3) is 2.84. The number of aryl methyl sites for hydroxylation is 1. The van der Waals surface area contributed by atoms with E-state index in [-0.39, 0.29) is 12.0 Å². The van der Waals surface area contributed by atoms with Crippen LogP contribution in [0.2, 0.25) is 0 Å². The maximum Gasteiger partial charge on any atom is 0.323 e. The van der Waals surface area contributed by atoms with Gasteiger partial charge < -0.3 is 4.74 Å². The minimum atomic E-state index is -0.117. The first-order valence-electron chi connectivity index (χ1n) is 5.99. The molecule has 1 atom stereocenters. The summed E-state index contributed by atoms with van der Waals surface area (Å²) in [6, 6.07) is -0.0771. The minimum Gasteiger partial charge on any atom is -0.468 e. The number of esters is 1. The summed E-state index contributed by atoms with van der Waals surface area (Å²) in [6.07, 6.45) is 2.94. The van der Waals surface area contributed by atoms with Crippen molar-refractivity contribution in [3.05, 3.63) is 16.1 Å². The van der Waals surface area contributed by atoms with E-state index >= 15 is 0 Å². The predicted octanol–water partition coefficient (Wildman–Crippen LogP) is 1.84. The number of methoxy groups -OCH3 is 1. The highest BCUT2D eigenvalue weighted by molar-refractivity contribution is 7.09. The zero-order valence-corrected chi connectivity index (χ0v) is 11.1. The lowest BCUT2D eigenvalue weighted by molar-refractivity contribution is -0.146. The Kier molecular flexibility index (Phi) is 4.12. The number of thiazole rings is 1. The Morgan fingerprint density at radius 1 is 1.71 bits per heavy atom. The summed E-state index contributed by atoms with van der Waals surface area (Å²) in [5.74, 6) is -0.117. The van der Waals surface area contributed by atoms with Gasteiger partial charge in [0.2, 0.25) is 0 Å². The van der Waals surface area contributed by atoms with E-state index in [1.165, 1.54) is 7.11 Å². The molecular formula is C12H18N2O2S. The van der Waals surface area contributed by atoms with Crippen LogP contribution in [0.5, 0.6) is 0 Å². The van der Waals surface area contributed by atoms with Crippen LogP contribution in [0.25, 0.3) is 0 Å². The molecule has 1 aromatic rings. The zero-order chi connectivity index (χ0) is 12.3. The molecule has 0 spiro atoms. The molecule has 94 valence electrons. The Labute approximate surface area is 106 Å². The number of carbonyl (C=O) groups excluding carboxylic acids is 1. The highest BCUT2D eigenvalue weighted by Gasteiger charge is 2.31. The van der Waals surface area contributed by atoms with Gasteiger partial charge in [0.15, 0.2) is 0 Å². The number of rotatable bonds is 4. The SMILES string of the molecule is CCc1nc(CN2CCCC2C(=O)OC)cs1. The van der Waals surface area contributed by atoms with E-state index in [4.69, 9.17) is 4.74 Å². The van der Waals surface area contributed by atoms with Crippen molar-refractivity contribution in [3.8, 4) is 0 Å². The van der Waals surface area contributed by atoms with Crippen molar-refractivity contribution in [2.45, 2.75) is 38.8 Å². The van der Waals surface area contributed by atoms with Crippen molar-refractivity contribution in [2.75, 3.05) is 13.7 Å². The molecule has 0 bridgehead atoms. The van der Waals surface area contributed by atoms with E-state index in [0.29, 0.717) is 0 Å². The summed E-state index contributed by atoms with van der Waals surface area (Å²) >= 11 is 1.69. The molecule has 0 N–H and O–H groups in total. The van der Waals surface area contributed by atoms with Gasteiger partial charge in [-0.1, -0.05) is 6.92 Å². The first kappa shape index (κ1) is 12.5. The van der Waals surface area contributed by atoms with Gasteiger partial charge in [0.05, 0.1) is 17.8 Å².